The zero-order valence-electron chi connectivity index (χ0n) is 9.46. The molecule has 0 aromatic rings. The maximum absolute atomic E-state index is 10.5. The predicted octanol–water partition coefficient (Wildman–Crippen LogP) is 1.29. The van der Waals surface area contributed by atoms with Crippen molar-refractivity contribution in [1.82, 2.24) is 0 Å². The summed E-state index contributed by atoms with van der Waals surface area (Å²) in [6.07, 6.45) is 5.62. The number of hydrogen-bond donors (Lipinski definition) is 1. The van der Waals surface area contributed by atoms with Crippen LogP contribution in [-0.4, -0.2) is 37.6 Å². The Bertz CT molecular complexity index is 188. The van der Waals surface area contributed by atoms with Crippen LogP contribution in [0.2, 0.25) is 0 Å². The van der Waals surface area contributed by atoms with Gasteiger partial charge in [-0.15, -0.1) is 0 Å². The van der Waals surface area contributed by atoms with E-state index in [1.807, 2.05) is 6.08 Å². The van der Waals surface area contributed by atoms with Crippen molar-refractivity contribution in [2.24, 2.45) is 5.73 Å². The lowest BCUT2D eigenvalue weighted by Crippen LogP contribution is -2.40. The van der Waals surface area contributed by atoms with E-state index in [4.69, 9.17) is 5.73 Å². The third-order valence-corrected chi connectivity index (χ3v) is 2.31. The number of nitrogens with two attached hydrogens (primary N) is 1. The molecule has 0 radical (unpaired) electrons. The van der Waals surface area contributed by atoms with Gasteiger partial charge in [0.05, 0.1) is 27.2 Å². The Balaban J connectivity index is 3.43. The van der Waals surface area contributed by atoms with Crippen LogP contribution < -0.4 is 5.73 Å². The van der Waals surface area contributed by atoms with Gasteiger partial charge in [-0.3, -0.25) is 4.79 Å². The van der Waals surface area contributed by atoms with Crippen molar-refractivity contribution >= 4 is 5.91 Å². The van der Waals surface area contributed by atoms with Crippen LogP contribution in [0.15, 0.2) is 12.7 Å². The van der Waals surface area contributed by atoms with Crippen molar-refractivity contribution < 1.29 is 9.28 Å². The lowest BCUT2D eigenvalue weighted by Gasteiger charge is -2.28. The summed E-state index contributed by atoms with van der Waals surface area (Å²) >= 11 is 0. The highest BCUT2D eigenvalue weighted by atomic mass is 16.1. The zero-order valence-corrected chi connectivity index (χ0v) is 9.46. The molecule has 0 heterocycles. The Morgan fingerprint density at radius 1 is 1.36 bits per heavy atom. The summed E-state index contributed by atoms with van der Waals surface area (Å²) in [6, 6.07) is 0. The van der Waals surface area contributed by atoms with Crippen LogP contribution in [0.4, 0.5) is 0 Å². The fraction of sp³-hybridized carbons (Fsp3) is 0.727. The number of amides is 1. The maximum atomic E-state index is 10.5. The summed E-state index contributed by atoms with van der Waals surface area (Å²) in [5.74, 6) is -0.190. The predicted molar refractivity (Wildman–Crippen MR) is 59.7 cm³/mol. The molecule has 0 aliphatic heterocycles. The fourth-order valence-corrected chi connectivity index (χ4v) is 1.46. The van der Waals surface area contributed by atoms with Gasteiger partial charge >= 0.3 is 0 Å². The number of unbranched alkanes of at least 4 members (excludes halogenated alkanes) is 2. The molecule has 14 heavy (non-hydrogen) atoms. The van der Waals surface area contributed by atoms with E-state index in [0.717, 1.165) is 36.8 Å². The molecule has 3 heteroatoms. The van der Waals surface area contributed by atoms with Crippen LogP contribution in [-0.2, 0) is 4.79 Å². The molecule has 3 nitrogen and oxygen atoms in total. The molecule has 1 amide bonds. The van der Waals surface area contributed by atoms with Crippen LogP contribution >= 0.6 is 0 Å². The van der Waals surface area contributed by atoms with Gasteiger partial charge in [0.2, 0.25) is 5.91 Å². The number of carbonyl (C=O) groups excluding carboxylic acids is 1. The van der Waals surface area contributed by atoms with Crippen molar-refractivity contribution in [1.29, 1.82) is 0 Å². The highest BCUT2D eigenvalue weighted by Crippen LogP contribution is 2.05. The van der Waals surface area contributed by atoms with Gasteiger partial charge in [-0.1, -0.05) is 6.58 Å². The van der Waals surface area contributed by atoms with Crippen molar-refractivity contribution in [2.45, 2.75) is 25.7 Å². The molecule has 0 rings (SSSR count). The highest BCUT2D eigenvalue weighted by Gasteiger charge is 2.11. The summed E-state index contributed by atoms with van der Waals surface area (Å²) in [7, 11) is 4.38. The number of carbonyl (C=O) groups is 1. The van der Waals surface area contributed by atoms with Gasteiger partial charge in [0.25, 0.3) is 0 Å². The van der Waals surface area contributed by atoms with E-state index in [1.165, 1.54) is 0 Å². The number of hydrogen-bond acceptors (Lipinski definition) is 1. The quantitative estimate of drug-likeness (QED) is 0.357. The van der Waals surface area contributed by atoms with Gasteiger partial charge in [-0.2, -0.15) is 0 Å². The van der Waals surface area contributed by atoms with E-state index >= 15 is 0 Å². The van der Waals surface area contributed by atoms with E-state index in [9.17, 15) is 4.79 Å². The average molecular weight is 199 g/mol. The van der Waals surface area contributed by atoms with Crippen LogP contribution in [0.5, 0.6) is 0 Å². The van der Waals surface area contributed by atoms with Crippen molar-refractivity contribution in [3.8, 4) is 0 Å². The lowest BCUT2D eigenvalue weighted by atomic mass is 10.2. The molecule has 2 N–H and O–H groups in total. The third kappa shape index (κ3) is 7.80. The molecule has 0 saturated carbocycles. The van der Waals surface area contributed by atoms with Gasteiger partial charge in [0, 0.05) is 6.42 Å². The Labute approximate surface area is 87.2 Å². The number of nitrogens with zero attached hydrogens (tertiary/aromatic N) is 1. The summed E-state index contributed by atoms with van der Waals surface area (Å²) in [6.45, 7) is 5.86. The summed E-state index contributed by atoms with van der Waals surface area (Å²) < 4.78 is 0.972. The Morgan fingerprint density at radius 3 is 2.50 bits per heavy atom. The topological polar surface area (TPSA) is 43.1 Å². The number of primary amides is 1. The minimum absolute atomic E-state index is 0.190. The van der Waals surface area contributed by atoms with Crippen molar-refractivity contribution in [2.75, 3.05) is 27.2 Å². The van der Waals surface area contributed by atoms with E-state index < -0.39 is 0 Å². The normalized spacial score (nSPS) is 11.3. The first-order valence-corrected chi connectivity index (χ1v) is 5.19. The summed E-state index contributed by atoms with van der Waals surface area (Å²) in [5, 5.41) is 0. The van der Waals surface area contributed by atoms with Gasteiger partial charge in [-0.25, -0.2) is 0 Å². The van der Waals surface area contributed by atoms with E-state index in [0.29, 0.717) is 6.42 Å². The molecule has 0 spiro atoms. The SMILES string of the molecule is C=CC[N+](C)(C)CCCCCC(N)=O. The first kappa shape index (κ1) is 13.2. The Morgan fingerprint density at radius 2 is 2.00 bits per heavy atom. The number of quaternary nitrogens is 1. The Hall–Kier alpha value is -0.830. The average Bonchev–Trinajstić information content (AvgIpc) is 2.02. The molecule has 0 atom stereocenters. The molecule has 0 aromatic carbocycles. The van der Waals surface area contributed by atoms with Crippen molar-refractivity contribution in [3.05, 3.63) is 12.7 Å². The number of likely N-dealkylation sites (N-methyl/N-ethyl adjacent to an activating group) is 1. The molecule has 0 bridgehead atoms. The molecule has 0 aromatic heterocycles. The molecule has 0 unspecified atom stereocenters. The van der Waals surface area contributed by atoms with Gasteiger partial charge in [0.1, 0.15) is 0 Å². The first-order chi connectivity index (χ1) is 6.48. The summed E-state index contributed by atoms with van der Waals surface area (Å²) in [4.78, 5) is 10.5. The van der Waals surface area contributed by atoms with E-state index in [2.05, 4.69) is 20.7 Å². The minimum Gasteiger partial charge on any atom is -0.370 e. The van der Waals surface area contributed by atoms with E-state index in [1.54, 1.807) is 0 Å². The van der Waals surface area contributed by atoms with Crippen molar-refractivity contribution in [3.63, 3.8) is 0 Å². The lowest BCUT2D eigenvalue weighted by molar-refractivity contribution is -0.884. The zero-order chi connectivity index (χ0) is 11.0. The molecule has 82 valence electrons. The second-order valence-electron chi connectivity index (χ2n) is 4.41. The molecule has 0 fully saturated rings. The van der Waals surface area contributed by atoms with Gasteiger partial charge < -0.3 is 10.2 Å². The standard InChI is InChI=1S/C11H22N2O/c1-4-9-13(2,3)10-7-5-6-8-11(12)14/h4H,1,5-10H2,2-3H3,(H-,12,14)/p+1. The van der Waals surface area contributed by atoms with Crippen LogP contribution in [0.25, 0.3) is 0 Å². The van der Waals surface area contributed by atoms with Crippen LogP contribution in [0.3, 0.4) is 0 Å². The molecule has 0 aliphatic carbocycles. The van der Waals surface area contributed by atoms with Crippen LogP contribution in [0, 0.1) is 0 Å². The molecule has 0 aliphatic rings. The second kappa shape index (κ2) is 6.60. The second-order valence-corrected chi connectivity index (χ2v) is 4.41. The first-order valence-electron chi connectivity index (χ1n) is 5.19. The molecule has 0 saturated heterocycles. The van der Waals surface area contributed by atoms with Gasteiger partial charge in [-0.05, 0) is 25.3 Å². The minimum atomic E-state index is -0.190. The third-order valence-electron chi connectivity index (χ3n) is 2.31. The Kier molecular flexibility index (Phi) is 6.21. The van der Waals surface area contributed by atoms with E-state index in [-0.39, 0.29) is 5.91 Å². The highest BCUT2D eigenvalue weighted by molar-refractivity contribution is 5.73. The number of rotatable bonds is 8. The smallest absolute Gasteiger partial charge is 0.217 e. The maximum Gasteiger partial charge on any atom is 0.217 e. The molecular weight excluding hydrogens is 176 g/mol. The summed E-state index contributed by atoms with van der Waals surface area (Å²) in [5.41, 5.74) is 5.05. The van der Waals surface area contributed by atoms with Crippen LogP contribution in [0.1, 0.15) is 25.7 Å². The monoisotopic (exact) mass is 199 g/mol. The molecular formula is C11H23N2O+. The van der Waals surface area contributed by atoms with Gasteiger partial charge in [0.15, 0.2) is 0 Å². The largest absolute Gasteiger partial charge is 0.370 e. The fourth-order valence-electron chi connectivity index (χ4n) is 1.46.